The number of rotatable bonds is 6. The number of unbranched alkanes of at least 4 members (excludes halogenated alkanes) is 2. The SMILES string of the molecule is C/C=C/c1ccc2c(c1)CCC(C1CCC(CCCCC)CC1)C2. The third-order valence-corrected chi connectivity index (χ3v) is 6.63. The van der Waals surface area contributed by atoms with E-state index in [1.165, 1.54) is 76.2 Å². The first kappa shape index (κ1) is 17.8. The number of allylic oxidation sites excluding steroid dienone is 1. The van der Waals surface area contributed by atoms with Gasteiger partial charge in [-0.2, -0.15) is 0 Å². The van der Waals surface area contributed by atoms with E-state index < -0.39 is 0 Å². The molecule has 24 heavy (non-hydrogen) atoms. The van der Waals surface area contributed by atoms with E-state index in [1.807, 2.05) is 0 Å². The van der Waals surface area contributed by atoms with Gasteiger partial charge in [0, 0.05) is 0 Å². The average molecular weight is 325 g/mol. The Balaban J connectivity index is 1.51. The average Bonchev–Trinajstić information content (AvgIpc) is 2.62. The summed E-state index contributed by atoms with van der Waals surface area (Å²) in [5.41, 5.74) is 4.64. The van der Waals surface area contributed by atoms with Crippen LogP contribution in [0.1, 0.15) is 88.3 Å². The van der Waals surface area contributed by atoms with Crippen LogP contribution in [-0.4, -0.2) is 0 Å². The van der Waals surface area contributed by atoms with E-state index in [0.29, 0.717) is 0 Å². The lowest BCUT2D eigenvalue weighted by Crippen LogP contribution is -2.26. The molecule has 0 radical (unpaired) electrons. The third-order valence-electron chi connectivity index (χ3n) is 6.63. The minimum absolute atomic E-state index is 0.960. The lowest BCUT2D eigenvalue weighted by Gasteiger charge is -2.36. The summed E-state index contributed by atoms with van der Waals surface area (Å²) in [5, 5.41) is 0. The van der Waals surface area contributed by atoms with E-state index in [-0.39, 0.29) is 0 Å². The molecule has 1 aromatic carbocycles. The van der Waals surface area contributed by atoms with E-state index >= 15 is 0 Å². The van der Waals surface area contributed by atoms with Crippen molar-refractivity contribution >= 4 is 6.08 Å². The zero-order valence-electron chi connectivity index (χ0n) is 15.9. The van der Waals surface area contributed by atoms with Gasteiger partial charge in [0.1, 0.15) is 0 Å². The highest BCUT2D eigenvalue weighted by Gasteiger charge is 2.29. The number of benzene rings is 1. The van der Waals surface area contributed by atoms with Crippen molar-refractivity contribution in [2.24, 2.45) is 17.8 Å². The largest absolute Gasteiger partial charge is 0.0871 e. The molecule has 2 aliphatic carbocycles. The first-order chi connectivity index (χ1) is 11.8. The summed E-state index contributed by atoms with van der Waals surface area (Å²) in [6.45, 7) is 4.42. The molecule has 0 aliphatic heterocycles. The summed E-state index contributed by atoms with van der Waals surface area (Å²) < 4.78 is 0. The Hall–Kier alpha value is -1.04. The Morgan fingerprint density at radius 3 is 2.54 bits per heavy atom. The van der Waals surface area contributed by atoms with Gasteiger partial charge in [-0.1, -0.05) is 75.8 Å². The van der Waals surface area contributed by atoms with Crippen molar-refractivity contribution in [3.63, 3.8) is 0 Å². The highest BCUT2D eigenvalue weighted by Crippen LogP contribution is 2.40. The molecule has 1 atom stereocenters. The standard InChI is InChI=1S/C24H36/c1-3-5-6-8-19-9-12-21(13-10-19)23-16-15-22-17-20(7-4-2)11-14-24(22)18-23/h4,7,11,14,17,19,21,23H,3,5-6,8-10,12-13,15-16,18H2,1-2H3/b7-4+. The fourth-order valence-corrected chi connectivity index (χ4v) is 5.13. The van der Waals surface area contributed by atoms with Crippen LogP contribution in [0.25, 0.3) is 6.08 Å². The molecule has 3 rings (SSSR count). The van der Waals surface area contributed by atoms with Crippen LogP contribution >= 0.6 is 0 Å². The highest BCUT2D eigenvalue weighted by atomic mass is 14.3. The predicted molar refractivity (Wildman–Crippen MR) is 106 cm³/mol. The summed E-state index contributed by atoms with van der Waals surface area (Å²) in [4.78, 5) is 0. The third kappa shape index (κ3) is 4.52. The second kappa shape index (κ2) is 8.88. The molecule has 1 saturated carbocycles. The second-order valence-corrected chi connectivity index (χ2v) is 8.31. The number of hydrogen-bond donors (Lipinski definition) is 0. The lowest BCUT2D eigenvalue weighted by molar-refractivity contribution is 0.183. The molecule has 0 bridgehead atoms. The Bertz CT molecular complexity index is 531. The van der Waals surface area contributed by atoms with Gasteiger partial charge in [0.2, 0.25) is 0 Å². The molecule has 2 aliphatic rings. The normalized spacial score (nSPS) is 27.3. The summed E-state index contributed by atoms with van der Waals surface area (Å²) in [5.74, 6) is 3.02. The van der Waals surface area contributed by atoms with Crippen LogP contribution in [0, 0.1) is 17.8 Å². The topological polar surface area (TPSA) is 0 Å². The maximum Gasteiger partial charge on any atom is -0.0245 e. The summed E-state index contributed by atoms with van der Waals surface area (Å²) in [6.07, 6.45) is 20.3. The number of aryl methyl sites for hydroxylation is 1. The van der Waals surface area contributed by atoms with Crippen LogP contribution in [0.5, 0.6) is 0 Å². The molecular weight excluding hydrogens is 288 g/mol. The summed E-state index contributed by atoms with van der Waals surface area (Å²) in [7, 11) is 0. The van der Waals surface area contributed by atoms with Crippen molar-refractivity contribution in [3.05, 3.63) is 41.0 Å². The molecule has 0 spiro atoms. The van der Waals surface area contributed by atoms with Gasteiger partial charge >= 0.3 is 0 Å². The Morgan fingerprint density at radius 1 is 0.958 bits per heavy atom. The quantitative estimate of drug-likeness (QED) is 0.485. The molecule has 1 fully saturated rings. The van der Waals surface area contributed by atoms with Gasteiger partial charge in [-0.15, -0.1) is 0 Å². The summed E-state index contributed by atoms with van der Waals surface area (Å²) >= 11 is 0. The van der Waals surface area contributed by atoms with Crippen molar-refractivity contribution in [2.45, 2.75) is 84.5 Å². The Kier molecular flexibility index (Phi) is 6.58. The highest BCUT2D eigenvalue weighted by molar-refractivity contribution is 5.52. The smallest absolute Gasteiger partial charge is 0.0245 e. The monoisotopic (exact) mass is 324 g/mol. The summed E-state index contributed by atoms with van der Waals surface area (Å²) in [6, 6.07) is 7.15. The van der Waals surface area contributed by atoms with Gasteiger partial charge in [-0.25, -0.2) is 0 Å². The van der Waals surface area contributed by atoms with E-state index in [2.05, 4.69) is 44.2 Å². The van der Waals surface area contributed by atoms with Gasteiger partial charge in [-0.05, 0) is 73.5 Å². The second-order valence-electron chi connectivity index (χ2n) is 8.31. The van der Waals surface area contributed by atoms with Crippen molar-refractivity contribution in [3.8, 4) is 0 Å². The van der Waals surface area contributed by atoms with Crippen molar-refractivity contribution in [1.82, 2.24) is 0 Å². The molecular formula is C24H36. The van der Waals surface area contributed by atoms with Gasteiger partial charge in [-0.3, -0.25) is 0 Å². The van der Waals surface area contributed by atoms with Gasteiger partial charge in [0.15, 0.2) is 0 Å². The molecule has 0 heterocycles. The fraction of sp³-hybridized carbons (Fsp3) is 0.667. The van der Waals surface area contributed by atoms with Crippen molar-refractivity contribution < 1.29 is 0 Å². The van der Waals surface area contributed by atoms with E-state index in [1.54, 1.807) is 11.1 Å². The van der Waals surface area contributed by atoms with Crippen LogP contribution in [0.4, 0.5) is 0 Å². The zero-order valence-corrected chi connectivity index (χ0v) is 15.9. The minimum Gasteiger partial charge on any atom is -0.0871 e. The molecule has 0 saturated heterocycles. The molecule has 0 aromatic heterocycles. The fourth-order valence-electron chi connectivity index (χ4n) is 5.13. The Morgan fingerprint density at radius 2 is 1.79 bits per heavy atom. The van der Waals surface area contributed by atoms with Gasteiger partial charge in [0.25, 0.3) is 0 Å². The van der Waals surface area contributed by atoms with Crippen molar-refractivity contribution in [1.29, 1.82) is 0 Å². The molecule has 0 amide bonds. The molecule has 0 heteroatoms. The van der Waals surface area contributed by atoms with Crippen molar-refractivity contribution in [2.75, 3.05) is 0 Å². The maximum atomic E-state index is 2.43. The molecule has 1 unspecified atom stereocenters. The molecule has 1 aromatic rings. The predicted octanol–water partition coefficient (Wildman–Crippen LogP) is 7.21. The minimum atomic E-state index is 0.960. The molecule has 0 N–H and O–H groups in total. The number of hydrogen-bond acceptors (Lipinski definition) is 0. The number of fused-ring (bicyclic) bond motifs is 1. The van der Waals surface area contributed by atoms with Crippen LogP contribution in [0.15, 0.2) is 24.3 Å². The van der Waals surface area contributed by atoms with Gasteiger partial charge < -0.3 is 0 Å². The van der Waals surface area contributed by atoms with Crippen LogP contribution in [0.2, 0.25) is 0 Å². The van der Waals surface area contributed by atoms with Gasteiger partial charge in [0.05, 0.1) is 0 Å². The van der Waals surface area contributed by atoms with Crippen LogP contribution in [-0.2, 0) is 12.8 Å². The van der Waals surface area contributed by atoms with Crippen LogP contribution in [0.3, 0.4) is 0 Å². The van der Waals surface area contributed by atoms with E-state index in [4.69, 9.17) is 0 Å². The zero-order chi connectivity index (χ0) is 16.8. The van der Waals surface area contributed by atoms with E-state index in [0.717, 1.165) is 17.8 Å². The lowest BCUT2D eigenvalue weighted by atomic mass is 9.69. The van der Waals surface area contributed by atoms with E-state index in [9.17, 15) is 0 Å². The first-order valence-corrected chi connectivity index (χ1v) is 10.5. The Labute approximate surface area is 149 Å². The first-order valence-electron chi connectivity index (χ1n) is 10.5. The molecule has 132 valence electrons. The van der Waals surface area contributed by atoms with Crippen LogP contribution < -0.4 is 0 Å². The maximum absolute atomic E-state index is 2.43. The molecule has 0 nitrogen and oxygen atoms in total.